The summed E-state index contributed by atoms with van der Waals surface area (Å²) in [4.78, 5) is 26.2. The molecule has 0 spiro atoms. The number of benzene rings is 1. The molecule has 0 N–H and O–H groups in total. The second-order valence-electron chi connectivity index (χ2n) is 6.75. The smallest absolute Gasteiger partial charge is 0.307 e. The Hall–Kier alpha value is -2.24. The maximum atomic E-state index is 12.8. The minimum atomic E-state index is -0.297. The third kappa shape index (κ3) is 7.12. The number of amides is 1. The van der Waals surface area contributed by atoms with Crippen molar-refractivity contribution in [2.24, 2.45) is 0 Å². The van der Waals surface area contributed by atoms with Gasteiger partial charge in [-0.25, -0.2) is 0 Å². The molecule has 0 bridgehead atoms. The molecule has 150 valence electrons. The van der Waals surface area contributed by atoms with Crippen LogP contribution in [0, 0.1) is 0 Å². The van der Waals surface area contributed by atoms with Gasteiger partial charge in [0.15, 0.2) is 6.61 Å². The summed E-state index contributed by atoms with van der Waals surface area (Å²) in [5, 5.41) is 0. The summed E-state index contributed by atoms with van der Waals surface area (Å²) in [6.45, 7) is 2.88. The SMILES string of the molecule is CCOc1ccc(OCC(=O)N(CCC(=O)OC)C2CCCCCC2)cc1. The lowest BCUT2D eigenvalue weighted by atomic mass is 10.1. The number of nitrogens with zero attached hydrogens (tertiary/aromatic N) is 1. The van der Waals surface area contributed by atoms with Gasteiger partial charge in [-0.1, -0.05) is 25.7 Å². The number of rotatable bonds is 9. The highest BCUT2D eigenvalue weighted by molar-refractivity contribution is 5.79. The van der Waals surface area contributed by atoms with E-state index in [1.54, 1.807) is 12.1 Å². The molecule has 0 radical (unpaired) electrons. The van der Waals surface area contributed by atoms with Crippen molar-refractivity contribution in [3.63, 3.8) is 0 Å². The summed E-state index contributed by atoms with van der Waals surface area (Å²) in [6.07, 6.45) is 6.82. The first-order valence-electron chi connectivity index (χ1n) is 9.86. The summed E-state index contributed by atoms with van der Waals surface area (Å²) in [5.74, 6) is 1.02. The Morgan fingerprint density at radius 3 is 2.15 bits per heavy atom. The van der Waals surface area contributed by atoms with Crippen molar-refractivity contribution in [1.29, 1.82) is 0 Å². The summed E-state index contributed by atoms with van der Waals surface area (Å²) in [5.41, 5.74) is 0. The molecule has 27 heavy (non-hydrogen) atoms. The molecule has 0 aliphatic heterocycles. The van der Waals surface area contributed by atoms with E-state index in [1.807, 2.05) is 24.0 Å². The Balaban J connectivity index is 1.95. The van der Waals surface area contributed by atoms with Gasteiger partial charge in [0.2, 0.25) is 0 Å². The van der Waals surface area contributed by atoms with Gasteiger partial charge in [0, 0.05) is 12.6 Å². The monoisotopic (exact) mass is 377 g/mol. The zero-order valence-electron chi connectivity index (χ0n) is 16.4. The molecule has 1 fully saturated rings. The Morgan fingerprint density at radius 1 is 1.00 bits per heavy atom. The zero-order valence-corrected chi connectivity index (χ0v) is 16.4. The second kappa shape index (κ2) is 11.5. The minimum absolute atomic E-state index is 0.0361. The summed E-state index contributed by atoms with van der Waals surface area (Å²) < 4.78 is 15.8. The van der Waals surface area contributed by atoms with E-state index in [0.29, 0.717) is 18.9 Å². The van der Waals surface area contributed by atoms with Crippen LogP contribution in [0.25, 0.3) is 0 Å². The lowest BCUT2D eigenvalue weighted by molar-refractivity contribution is -0.143. The van der Waals surface area contributed by atoms with Gasteiger partial charge in [-0.15, -0.1) is 0 Å². The van der Waals surface area contributed by atoms with Gasteiger partial charge in [-0.3, -0.25) is 9.59 Å². The molecule has 1 aromatic carbocycles. The third-order valence-corrected chi connectivity index (χ3v) is 4.87. The molecule has 0 atom stereocenters. The van der Waals surface area contributed by atoms with Crippen LogP contribution < -0.4 is 9.47 Å². The Labute approximate surface area is 161 Å². The molecule has 0 unspecified atom stereocenters. The van der Waals surface area contributed by atoms with Gasteiger partial charge in [0.25, 0.3) is 5.91 Å². The van der Waals surface area contributed by atoms with Crippen molar-refractivity contribution >= 4 is 11.9 Å². The van der Waals surface area contributed by atoms with Crippen LogP contribution in [0.4, 0.5) is 0 Å². The number of methoxy groups -OCH3 is 1. The number of ether oxygens (including phenoxy) is 3. The molecule has 6 heteroatoms. The van der Waals surface area contributed by atoms with Crippen LogP contribution in [0.2, 0.25) is 0 Å². The Morgan fingerprint density at radius 2 is 1.59 bits per heavy atom. The number of hydrogen-bond acceptors (Lipinski definition) is 5. The molecule has 1 aliphatic rings. The fourth-order valence-corrected chi connectivity index (χ4v) is 3.42. The van der Waals surface area contributed by atoms with Gasteiger partial charge < -0.3 is 19.1 Å². The molecule has 6 nitrogen and oxygen atoms in total. The molecule has 1 aromatic rings. The van der Waals surface area contributed by atoms with E-state index in [-0.39, 0.29) is 30.9 Å². The van der Waals surface area contributed by atoms with E-state index in [9.17, 15) is 9.59 Å². The standard InChI is InChI=1S/C21H31NO5/c1-3-26-18-10-12-19(13-11-18)27-16-20(23)22(15-14-21(24)25-2)17-8-6-4-5-7-9-17/h10-13,17H,3-9,14-16H2,1-2H3. The normalized spacial score (nSPS) is 14.9. The highest BCUT2D eigenvalue weighted by Gasteiger charge is 2.25. The first kappa shape index (κ1) is 21.1. The fourth-order valence-electron chi connectivity index (χ4n) is 3.42. The first-order valence-corrected chi connectivity index (χ1v) is 9.86. The average molecular weight is 377 g/mol. The van der Waals surface area contributed by atoms with Crippen molar-refractivity contribution in [3.05, 3.63) is 24.3 Å². The highest BCUT2D eigenvalue weighted by atomic mass is 16.5. The van der Waals surface area contributed by atoms with Crippen LogP contribution in [0.15, 0.2) is 24.3 Å². The quantitative estimate of drug-likeness (QED) is 0.486. The van der Waals surface area contributed by atoms with Crippen molar-refractivity contribution in [2.75, 3.05) is 26.9 Å². The number of esters is 1. The molecule has 0 saturated heterocycles. The van der Waals surface area contributed by atoms with Crippen molar-refractivity contribution in [2.45, 2.75) is 57.9 Å². The Kier molecular flexibility index (Phi) is 8.95. The average Bonchev–Trinajstić information content (AvgIpc) is 2.97. The number of carbonyl (C=O) groups is 2. The van der Waals surface area contributed by atoms with E-state index in [1.165, 1.54) is 20.0 Å². The molecule has 0 aromatic heterocycles. The maximum absolute atomic E-state index is 12.8. The summed E-state index contributed by atoms with van der Waals surface area (Å²) >= 11 is 0. The van der Waals surface area contributed by atoms with E-state index >= 15 is 0 Å². The number of hydrogen-bond donors (Lipinski definition) is 0. The number of carbonyl (C=O) groups excluding carboxylic acids is 2. The van der Waals surface area contributed by atoms with Crippen LogP contribution in [-0.2, 0) is 14.3 Å². The fraction of sp³-hybridized carbons (Fsp3) is 0.619. The summed E-state index contributed by atoms with van der Waals surface area (Å²) in [7, 11) is 1.37. The maximum Gasteiger partial charge on any atom is 0.307 e. The lowest BCUT2D eigenvalue weighted by Crippen LogP contribution is -2.44. The molecule has 1 saturated carbocycles. The molecule has 0 heterocycles. The van der Waals surface area contributed by atoms with Gasteiger partial charge in [0.1, 0.15) is 11.5 Å². The lowest BCUT2D eigenvalue weighted by Gasteiger charge is -2.31. The molecule has 1 amide bonds. The largest absolute Gasteiger partial charge is 0.494 e. The predicted molar refractivity (Wildman–Crippen MR) is 103 cm³/mol. The predicted octanol–water partition coefficient (Wildman–Crippen LogP) is 3.58. The van der Waals surface area contributed by atoms with Crippen LogP contribution in [0.1, 0.15) is 51.9 Å². The van der Waals surface area contributed by atoms with E-state index < -0.39 is 0 Å². The van der Waals surface area contributed by atoms with Crippen molar-refractivity contribution in [3.8, 4) is 11.5 Å². The van der Waals surface area contributed by atoms with E-state index in [4.69, 9.17) is 14.2 Å². The molecular weight excluding hydrogens is 346 g/mol. The van der Waals surface area contributed by atoms with Crippen LogP contribution >= 0.6 is 0 Å². The van der Waals surface area contributed by atoms with Crippen LogP contribution in [0.5, 0.6) is 11.5 Å². The van der Waals surface area contributed by atoms with Gasteiger partial charge in [0.05, 0.1) is 20.1 Å². The van der Waals surface area contributed by atoms with Gasteiger partial charge in [-0.05, 0) is 44.0 Å². The van der Waals surface area contributed by atoms with Crippen LogP contribution in [0.3, 0.4) is 0 Å². The van der Waals surface area contributed by atoms with Gasteiger partial charge >= 0.3 is 5.97 Å². The van der Waals surface area contributed by atoms with Crippen molar-refractivity contribution in [1.82, 2.24) is 4.90 Å². The van der Waals surface area contributed by atoms with E-state index in [0.717, 1.165) is 31.4 Å². The van der Waals surface area contributed by atoms with Gasteiger partial charge in [-0.2, -0.15) is 0 Å². The first-order chi connectivity index (χ1) is 13.1. The Bertz CT molecular complexity index is 579. The molecule has 2 rings (SSSR count). The highest BCUT2D eigenvalue weighted by Crippen LogP contribution is 2.23. The topological polar surface area (TPSA) is 65.1 Å². The molecule has 1 aliphatic carbocycles. The molecular formula is C21H31NO5. The second-order valence-corrected chi connectivity index (χ2v) is 6.75. The zero-order chi connectivity index (χ0) is 19.5. The summed E-state index contributed by atoms with van der Waals surface area (Å²) in [6, 6.07) is 7.41. The van der Waals surface area contributed by atoms with E-state index in [2.05, 4.69) is 0 Å². The van der Waals surface area contributed by atoms with Crippen molar-refractivity contribution < 1.29 is 23.8 Å². The third-order valence-electron chi connectivity index (χ3n) is 4.87. The minimum Gasteiger partial charge on any atom is -0.494 e. The van der Waals surface area contributed by atoms with Crippen LogP contribution in [-0.4, -0.2) is 49.7 Å².